The van der Waals surface area contributed by atoms with Crippen LogP contribution in [0.3, 0.4) is 0 Å². The Morgan fingerprint density at radius 2 is 2.00 bits per heavy atom. The van der Waals surface area contributed by atoms with Crippen molar-refractivity contribution in [1.29, 1.82) is 0 Å². The summed E-state index contributed by atoms with van der Waals surface area (Å²) in [5.74, 6) is 0.291. The molecule has 0 radical (unpaired) electrons. The van der Waals surface area contributed by atoms with Gasteiger partial charge in [-0.1, -0.05) is 53.4 Å². The third-order valence-electron chi connectivity index (χ3n) is 5.29. The Balaban J connectivity index is 2.85. The number of hydrogen-bond donors (Lipinski definition) is 1. The zero-order chi connectivity index (χ0) is 15.4. The van der Waals surface area contributed by atoms with E-state index in [9.17, 15) is 9.90 Å². The highest BCUT2D eigenvalue weighted by atomic mass is 16.3. The van der Waals surface area contributed by atoms with E-state index in [1.807, 2.05) is 7.05 Å². The summed E-state index contributed by atoms with van der Waals surface area (Å²) < 4.78 is 0. The second-order valence-corrected chi connectivity index (χ2v) is 7.08. The monoisotopic (exact) mass is 283 g/mol. The summed E-state index contributed by atoms with van der Waals surface area (Å²) in [6.45, 7) is 9.29. The largest absolute Gasteiger partial charge is 0.379 e. The lowest BCUT2D eigenvalue weighted by molar-refractivity contribution is -0.179. The lowest BCUT2D eigenvalue weighted by atomic mass is 9.63. The number of unbranched alkanes of at least 4 members (excludes halogenated alkanes) is 3. The minimum absolute atomic E-state index is 0.0737. The van der Waals surface area contributed by atoms with Crippen molar-refractivity contribution >= 4 is 5.91 Å². The van der Waals surface area contributed by atoms with Gasteiger partial charge < -0.3 is 10.0 Å². The predicted molar refractivity (Wildman–Crippen MR) is 83.5 cm³/mol. The molecule has 0 saturated carbocycles. The number of carbonyl (C=O) groups is 1. The Morgan fingerprint density at radius 3 is 2.55 bits per heavy atom. The lowest BCUT2D eigenvalue weighted by Crippen LogP contribution is -2.62. The van der Waals surface area contributed by atoms with Gasteiger partial charge in [-0.2, -0.15) is 0 Å². The SMILES string of the molecule is CCCCCCC(C)(CC)C1(O)C[C@@H](C)CN(C)C1=O. The molecule has 3 heteroatoms. The van der Waals surface area contributed by atoms with Gasteiger partial charge in [0.05, 0.1) is 0 Å². The molecule has 1 heterocycles. The maximum absolute atomic E-state index is 12.6. The predicted octanol–water partition coefficient (Wildman–Crippen LogP) is 3.60. The number of aliphatic hydroxyl groups is 1. The van der Waals surface area contributed by atoms with Crippen LogP contribution in [0.2, 0.25) is 0 Å². The molecular formula is C17H33NO2. The van der Waals surface area contributed by atoms with Crippen molar-refractivity contribution in [3.8, 4) is 0 Å². The molecule has 0 aromatic rings. The van der Waals surface area contributed by atoms with E-state index in [0.717, 1.165) is 25.8 Å². The van der Waals surface area contributed by atoms with Gasteiger partial charge >= 0.3 is 0 Å². The molecular weight excluding hydrogens is 250 g/mol. The Bertz CT molecular complexity index is 331. The van der Waals surface area contributed by atoms with Gasteiger partial charge in [-0.05, 0) is 25.2 Å². The fourth-order valence-corrected chi connectivity index (χ4v) is 3.64. The van der Waals surface area contributed by atoms with Crippen LogP contribution in [0.25, 0.3) is 0 Å². The molecule has 3 atom stereocenters. The molecule has 1 aliphatic rings. The molecule has 2 unspecified atom stereocenters. The Morgan fingerprint density at radius 1 is 1.35 bits per heavy atom. The topological polar surface area (TPSA) is 40.5 Å². The first kappa shape index (κ1) is 17.5. The van der Waals surface area contributed by atoms with Gasteiger partial charge in [0.2, 0.25) is 0 Å². The van der Waals surface area contributed by atoms with Gasteiger partial charge in [0.15, 0.2) is 0 Å². The van der Waals surface area contributed by atoms with E-state index in [0.29, 0.717) is 12.3 Å². The summed E-state index contributed by atoms with van der Waals surface area (Å²) >= 11 is 0. The van der Waals surface area contributed by atoms with Crippen LogP contribution in [0.15, 0.2) is 0 Å². The van der Waals surface area contributed by atoms with Crippen LogP contribution in [0, 0.1) is 11.3 Å². The van der Waals surface area contributed by atoms with E-state index in [-0.39, 0.29) is 11.3 Å². The fraction of sp³-hybridized carbons (Fsp3) is 0.941. The highest BCUT2D eigenvalue weighted by molar-refractivity contribution is 5.86. The number of amides is 1. The Hall–Kier alpha value is -0.570. The molecule has 0 aromatic carbocycles. The van der Waals surface area contributed by atoms with Crippen molar-refractivity contribution in [1.82, 2.24) is 4.90 Å². The smallest absolute Gasteiger partial charge is 0.254 e. The standard InChI is InChI=1S/C17H33NO2/c1-6-8-9-10-11-16(4,7-2)17(20)12-14(3)13-18(5)15(17)19/h14,20H,6-13H2,1-5H3/t14-,16?,17?/m1/s1. The second-order valence-electron chi connectivity index (χ2n) is 7.08. The highest BCUT2D eigenvalue weighted by Gasteiger charge is 2.54. The van der Waals surface area contributed by atoms with Gasteiger partial charge in [-0.15, -0.1) is 0 Å². The van der Waals surface area contributed by atoms with E-state index in [1.165, 1.54) is 19.3 Å². The van der Waals surface area contributed by atoms with Gasteiger partial charge in [0.25, 0.3) is 5.91 Å². The van der Waals surface area contributed by atoms with Crippen molar-refractivity contribution in [2.24, 2.45) is 11.3 Å². The zero-order valence-corrected chi connectivity index (χ0v) is 14.0. The zero-order valence-electron chi connectivity index (χ0n) is 14.0. The molecule has 1 amide bonds. The van der Waals surface area contributed by atoms with Crippen LogP contribution in [0.1, 0.15) is 72.6 Å². The number of piperidine rings is 1. The van der Waals surface area contributed by atoms with E-state index in [1.54, 1.807) is 4.90 Å². The van der Waals surface area contributed by atoms with Crippen LogP contribution in [-0.2, 0) is 4.79 Å². The number of likely N-dealkylation sites (N-methyl/N-ethyl adjacent to an activating group) is 1. The normalized spacial score (nSPS) is 30.4. The van der Waals surface area contributed by atoms with Gasteiger partial charge in [0, 0.05) is 19.0 Å². The molecule has 0 bridgehead atoms. The first-order chi connectivity index (χ1) is 9.30. The molecule has 1 saturated heterocycles. The van der Waals surface area contributed by atoms with E-state index in [4.69, 9.17) is 0 Å². The fourth-order valence-electron chi connectivity index (χ4n) is 3.64. The molecule has 0 aliphatic carbocycles. The van der Waals surface area contributed by atoms with E-state index in [2.05, 4.69) is 27.7 Å². The van der Waals surface area contributed by atoms with E-state index < -0.39 is 5.60 Å². The number of nitrogens with zero attached hydrogens (tertiary/aromatic N) is 1. The average molecular weight is 283 g/mol. The molecule has 20 heavy (non-hydrogen) atoms. The van der Waals surface area contributed by atoms with Crippen LogP contribution in [0.4, 0.5) is 0 Å². The summed E-state index contributed by atoms with van der Waals surface area (Å²) in [5, 5.41) is 11.2. The summed E-state index contributed by atoms with van der Waals surface area (Å²) in [4.78, 5) is 14.3. The maximum atomic E-state index is 12.6. The third kappa shape index (κ3) is 3.36. The molecule has 0 spiro atoms. The minimum Gasteiger partial charge on any atom is -0.379 e. The lowest BCUT2D eigenvalue weighted by Gasteiger charge is -2.50. The van der Waals surface area contributed by atoms with Crippen LogP contribution in [0.5, 0.6) is 0 Å². The van der Waals surface area contributed by atoms with Crippen LogP contribution >= 0.6 is 0 Å². The van der Waals surface area contributed by atoms with Gasteiger partial charge in [0.1, 0.15) is 5.60 Å². The quantitative estimate of drug-likeness (QED) is 0.725. The Kier molecular flexibility index (Phi) is 6.06. The maximum Gasteiger partial charge on any atom is 0.254 e. The molecule has 0 aromatic heterocycles. The molecule has 1 aliphatic heterocycles. The van der Waals surface area contributed by atoms with E-state index >= 15 is 0 Å². The summed E-state index contributed by atoms with van der Waals surface area (Å²) in [6, 6.07) is 0. The number of likely N-dealkylation sites (tertiary alicyclic amines) is 1. The first-order valence-corrected chi connectivity index (χ1v) is 8.28. The van der Waals surface area contributed by atoms with Crippen molar-refractivity contribution < 1.29 is 9.90 Å². The van der Waals surface area contributed by atoms with Crippen molar-refractivity contribution in [2.75, 3.05) is 13.6 Å². The molecule has 118 valence electrons. The number of rotatable bonds is 7. The summed E-state index contributed by atoms with van der Waals surface area (Å²) in [5.41, 5.74) is -1.48. The number of hydrogen-bond acceptors (Lipinski definition) is 2. The molecule has 3 nitrogen and oxygen atoms in total. The van der Waals surface area contributed by atoms with Crippen LogP contribution < -0.4 is 0 Å². The van der Waals surface area contributed by atoms with Crippen LogP contribution in [-0.4, -0.2) is 35.1 Å². The Labute approximate surface area is 124 Å². The average Bonchev–Trinajstić information content (AvgIpc) is 2.40. The highest BCUT2D eigenvalue weighted by Crippen LogP contribution is 2.46. The third-order valence-corrected chi connectivity index (χ3v) is 5.29. The van der Waals surface area contributed by atoms with Gasteiger partial charge in [-0.3, -0.25) is 4.79 Å². The number of carbonyl (C=O) groups excluding carboxylic acids is 1. The summed E-state index contributed by atoms with van der Waals surface area (Å²) in [6.07, 6.45) is 7.14. The summed E-state index contributed by atoms with van der Waals surface area (Å²) in [7, 11) is 1.82. The second kappa shape index (κ2) is 6.93. The van der Waals surface area contributed by atoms with Gasteiger partial charge in [-0.25, -0.2) is 0 Å². The van der Waals surface area contributed by atoms with Crippen molar-refractivity contribution in [3.63, 3.8) is 0 Å². The van der Waals surface area contributed by atoms with Crippen molar-refractivity contribution in [2.45, 2.75) is 78.2 Å². The molecule has 1 rings (SSSR count). The first-order valence-electron chi connectivity index (χ1n) is 8.28. The van der Waals surface area contributed by atoms with Crippen molar-refractivity contribution in [3.05, 3.63) is 0 Å². The molecule has 1 fully saturated rings. The minimum atomic E-state index is -1.18. The molecule has 1 N–H and O–H groups in total.